The molecule has 0 bridgehead atoms. The second-order valence-electron chi connectivity index (χ2n) is 1.95. The van der Waals surface area contributed by atoms with Crippen molar-refractivity contribution in [3.8, 4) is 0 Å². The number of piperidine rings is 1. The molecule has 1 saturated heterocycles. The SMILES string of the molecule is O=C1CCN(F)CC1. The van der Waals surface area contributed by atoms with E-state index in [4.69, 9.17) is 0 Å². The summed E-state index contributed by atoms with van der Waals surface area (Å²) in [7, 11) is 0. The van der Waals surface area contributed by atoms with Crippen molar-refractivity contribution in [2.45, 2.75) is 12.8 Å². The molecule has 0 aromatic rings. The minimum absolute atomic E-state index is 0.180. The largest absolute Gasteiger partial charge is 0.300 e. The number of nitrogens with zero attached hydrogens (tertiary/aromatic N) is 1. The van der Waals surface area contributed by atoms with Gasteiger partial charge in [-0.3, -0.25) is 4.79 Å². The lowest BCUT2D eigenvalue weighted by Gasteiger charge is -2.15. The predicted molar refractivity (Wildman–Crippen MR) is 26.9 cm³/mol. The highest BCUT2D eigenvalue weighted by Crippen LogP contribution is 2.04. The van der Waals surface area contributed by atoms with Crippen molar-refractivity contribution < 1.29 is 9.28 Å². The minimum atomic E-state index is 0.180. The Hall–Kier alpha value is -0.440. The normalized spacial score (nSPS) is 23.9. The lowest BCUT2D eigenvalue weighted by atomic mass is 10.1. The molecule has 0 aromatic carbocycles. The Labute approximate surface area is 47.2 Å². The van der Waals surface area contributed by atoms with Crippen molar-refractivity contribution >= 4 is 5.78 Å². The molecule has 2 nitrogen and oxygen atoms in total. The van der Waals surface area contributed by atoms with Gasteiger partial charge in [0.25, 0.3) is 0 Å². The second-order valence-corrected chi connectivity index (χ2v) is 1.95. The third kappa shape index (κ3) is 1.26. The number of ketones is 1. The van der Waals surface area contributed by atoms with Gasteiger partial charge in [-0.25, -0.2) is 0 Å². The maximum absolute atomic E-state index is 12.0. The molecule has 0 unspecified atom stereocenters. The zero-order valence-corrected chi connectivity index (χ0v) is 4.56. The molecule has 1 heterocycles. The first-order valence-corrected chi connectivity index (χ1v) is 2.71. The van der Waals surface area contributed by atoms with Crippen LogP contribution < -0.4 is 0 Å². The fourth-order valence-corrected chi connectivity index (χ4v) is 0.729. The van der Waals surface area contributed by atoms with E-state index in [1.807, 2.05) is 0 Å². The first kappa shape index (κ1) is 5.69. The molecule has 0 atom stereocenters. The molecule has 0 aliphatic carbocycles. The lowest BCUT2D eigenvalue weighted by Crippen LogP contribution is -2.26. The molecular weight excluding hydrogens is 109 g/mol. The number of Topliss-reactive ketones (excluding diaryl/α,β-unsaturated/α-hetero) is 1. The van der Waals surface area contributed by atoms with E-state index >= 15 is 0 Å². The summed E-state index contributed by atoms with van der Waals surface area (Å²) in [4.78, 5) is 10.4. The number of hydrogen-bond donors (Lipinski definition) is 0. The average Bonchev–Trinajstić information content (AvgIpc) is 1.77. The molecule has 3 heteroatoms. The molecule has 0 aromatic heterocycles. The summed E-state index contributed by atoms with van der Waals surface area (Å²) < 4.78 is 12.0. The van der Waals surface area contributed by atoms with Crippen LogP contribution in [0, 0.1) is 0 Å². The molecule has 1 rings (SSSR count). The summed E-state index contributed by atoms with van der Waals surface area (Å²) in [5.74, 6) is 0.180. The summed E-state index contributed by atoms with van der Waals surface area (Å²) in [6.45, 7) is 0.581. The van der Waals surface area contributed by atoms with Crippen LogP contribution in [0.3, 0.4) is 0 Å². The predicted octanol–water partition coefficient (Wildman–Crippen LogP) is 0.536. The van der Waals surface area contributed by atoms with Crippen LogP contribution in [0.2, 0.25) is 0 Å². The first-order valence-electron chi connectivity index (χ1n) is 2.71. The van der Waals surface area contributed by atoms with Gasteiger partial charge in [0.05, 0.1) is 0 Å². The molecule has 0 spiro atoms. The number of halogens is 1. The van der Waals surface area contributed by atoms with Crippen LogP contribution in [0.4, 0.5) is 4.48 Å². The molecule has 1 fully saturated rings. The zero-order chi connectivity index (χ0) is 5.98. The van der Waals surface area contributed by atoms with E-state index in [1.165, 1.54) is 0 Å². The molecular formula is C5H8FNO. The summed E-state index contributed by atoms with van der Waals surface area (Å²) in [5, 5.41) is 0.682. The molecule has 1 aliphatic heterocycles. The first-order chi connectivity index (χ1) is 3.79. The Bertz CT molecular complexity index is 94.6. The van der Waals surface area contributed by atoms with E-state index in [1.54, 1.807) is 0 Å². The molecule has 8 heavy (non-hydrogen) atoms. The Morgan fingerprint density at radius 3 is 2.25 bits per heavy atom. The molecule has 0 radical (unpaired) electrons. The summed E-state index contributed by atoms with van der Waals surface area (Å²) in [6, 6.07) is 0. The van der Waals surface area contributed by atoms with E-state index < -0.39 is 0 Å². The Kier molecular flexibility index (Phi) is 1.58. The molecule has 46 valence electrons. The maximum atomic E-state index is 12.0. The third-order valence-electron chi connectivity index (χ3n) is 1.27. The van der Waals surface area contributed by atoms with Crippen LogP contribution in [0.15, 0.2) is 0 Å². The van der Waals surface area contributed by atoms with Crippen molar-refractivity contribution in [2.24, 2.45) is 0 Å². The fraction of sp³-hybridized carbons (Fsp3) is 0.800. The van der Waals surface area contributed by atoms with E-state index in [-0.39, 0.29) is 5.78 Å². The van der Waals surface area contributed by atoms with E-state index in [9.17, 15) is 9.28 Å². The van der Waals surface area contributed by atoms with Crippen molar-refractivity contribution in [1.29, 1.82) is 0 Å². The molecule has 0 amide bonds. The number of hydrogen-bond acceptors (Lipinski definition) is 2. The fourth-order valence-electron chi connectivity index (χ4n) is 0.729. The van der Waals surface area contributed by atoms with Crippen LogP contribution in [0.5, 0.6) is 0 Å². The molecule has 1 aliphatic rings. The van der Waals surface area contributed by atoms with Crippen LogP contribution >= 0.6 is 0 Å². The maximum Gasteiger partial charge on any atom is 0.135 e. The standard InChI is InChI=1S/C5H8FNO/c6-7-3-1-5(8)2-4-7/h1-4H2. The van der Waals surface area contributed by atoms with Crippen molar-refractivity contribution in [3.63, 3.8) is 0 Å². The van der Waals surface area contributed by atoms with Crippen molar-refractivity contribution in [2.75, 3.05) is 13.1 Å². The van der Waals surface area contributed by atoms with Gasteiger partial charge in [0.2, 0.25) is 0 Å². The topological polar surface area (TPSA) is 20.3 Å². The van der Waals surface area contributed by atoms with Gasteiger partial charge in [0.1, 0.15) is 5.78 Å². The van der Waals surface area contributed by atoms with E-state index in [0.717, 1.165) is 0 Å². The average molecular weight is 117 g/mol. The second kappa shape index (κ2) is 2.22. The summed E-state index contributed by atoms with van der Waals surface area (Å²) in [6.07, 6.45) is 0.771. The van der Waals surface area contributed by atoms with Crippen LogP contribution in [0.1, 0.15) is 12.8 Å². The van der Waals surface area contributed by atoms with Gasteiger partial charge >= 0.3 is 0 Å². The summed E-state index contributed by atoms with van der Waals surface area (Å²) >= 11 is 0. The van der Waals surface area contributed by atoms with Gasteiger partial charge in [-0.15, -0.1) is 9.60 Å². The van der Waals surface area contributed by atoms with Crippen LogP contribution in [-0.4, -0.2) is 24.0 Å². The number of carbonyl (C=O) groups excluding carboxylic acids is 1. The summed E-state index contributed by atoms with van der Waals surface area (Å²) in [5.41, 5.74) is 0. The third-order valence-corrected chi connectivity index (χ3v) is 1.27. The Morgan fingerprint density at radius 2 is 1.88 bits per heavy atom. The van der Waals surface area contributed by atoms with Crippen LogP contribution in [0.25, 0.3) is 0 Å². The highest BCUT2D eigenvalue weighted by molar-refractivity contribution is 5.79. The highest BCUT2D eigenvalue weighted by Gasteiger charge is 2.14. The lowest BCUT2D eigenvalue weighted by molar-refractivity contribution is -0.125. The highest BCUT2D eigenvalue weighted by atomic mass is 19.2. The number of carbonyl (C=O) groups is 1. The van der Waals surface area contributed by atoms with Gasteiger partial charge in [0, 0.05) is 25.9 Å². The number of rotatable bonds is 0. The zero-order valence-electron chi connectivity index (χ0n) is 4.56. The molecule has 0 N–H and O–H groups in total. The minimum Gasteiger partial charge on any atom is -0.300 e. The quantitative estimate of drug-likeness (QED) is 0.431. The van der Waals surface area contributed by atoms with Crippen molar-refractivity contribution in [1.82, 2.24) is 5.12 Å². The van der Waals surface area contributed by atoms with Gasteiger partial charge in [-0.2, -0.15) is 0 Å². The molecule has 0 saturated carbocycles. The van der Waals surface area contributed by atoms with E-state index in [2.05, 4.69) is 0 Å². The van der Waals surface area contributed by atoms with Gasteiger partial charge < -0.3 is 0 Å². The van der Waals surface area contributed by atoms with Gasteiger partial charge in [-0.1, -0.05) is 0 Å². The Morgan fingerprint density at radius 1 is 1.38 bits per heavy atom. The monoisotopic (exact) mass is 117 g/mol. The van der Waals surface area contributed by atoms with E-state index in [0.29, 0.717) is 31.1 Å². The smallest absolute Gasteiger partial charge is 0.135 e. The Balaban J connectivity index is 2.29. The van der Waals surface area contributed by atoms with Gasteiger partial charge in [-0.05, 0) is 0 Å². The van der Waals surface area contributed by atoms with Crippen LogP contribution in [-0.2, 0) is 4.79 Å². The van der Waals surface area contributed by atoms with Gasteiger partial charge in [0.15, 0.2) is 0 Å². The van der Waals surface area contributed by atoms with Crippen molar-refractivity contribution in [3.05, 3.63) is 0 Å².